The molecule has 3 heteroatoms. The highest BCUT2D eigenvalue weighted by molar-refractivity contribution is 9.10. The molecular formula is C10H20BrNO. The highest BCUT2D eigenvalue weighted by Gasteiger charge is 2.22. The maximum atomic E-state index is 11.4. The van der Waals surface area contributed by atoms with Crippen LogP contribution in [0, 0.1) is 5.92 Å². The first-order valence-corrected chi connectivity index (χ1v) is 5.60. The summed E-state index contributed by atoms with van der Waals surface area (Å²) in [4.78, 5) is 11.4. The molecule has 0 rings (SSSR count). The molecule has 0 aliphatic carbocycles. The van der Waals surface area contributed by atoms with E-state index in [9.17, 15) is 4.79 Å². The molecule has 1 amide bonds. The molecule has 78 valence electrons. The van der Waals surface area contributed by atoms with Crippen molar-refractivity contribution >= 4 is 21.8 Å². The normalized spacial score (nSPS) is 11.8. The summed E-state index contributed by atoms with van der Waals surface area (Å²) in [5.41, 5.74) is 0. The molecule has 0 aromatic heterocycles. The van der Waals surface area contributed by atoms with Crippen LogP contribution < -0.4 is 5.32 Å². The second kappa shape index (κ2) is 5.63. The van der Waals surface area contributed by atoms with Crippen molar-refractivity contribution in [3.8, 4) is 0 Å². The van der Waals surface area contributed by atoms with Gasteiger partial charge in [0.2, 0.25) is 5.91 Å². The summed E-state index contributed by atoms with van der Waals surface area (Å²) < 4.78 is -0.440. The quantitative estimate of drug-likeness (QED) is 0.590. The Balaban J connectivity index is 3.49. The van der Waals surface area contributed by atoms with Gasteiger partial charge in [-0.05, 0) is 32.6 Å². The molecule has 13 heavy (non-hydrogen) atoms. The van der Waals surface area contributed by atoms with Crippen LogP contribution in [0.25, 0.3) is 0 Å². The minimum atomic E-state index is -0.440. The van der Waals surface area contributed by atoms with Crippen LogP contribution in [0.1, 0.15) is 40.5 Å². The van der Waals surface area contributed by atoms with Crippen molar-refractivity contribution in [2.75, 3.05) is 6.54 Å². The van der Waals surface area contributed by atoms with Gasteiger partial charge in [-0.15, -0.1) is 0 Å². The van der Waals surface area contributed by atoms with Gasteiger partial charge >= 0.3 is 0 Å². The smallest absolute Gasteiger partial charge is 0.236 e. The number of carbonyl (C=O) groups is 1. The predicted octanol–water partition coefficient (Wildman–Crippen LogP) is 2.71. The van der Waals surface area contributed by atoms with Gasteiger partial charge in [0, 0.05) is 6.54 Å². The number of nitrogens with one attached hydrogen (secondary N) is 1. The molecule has 1 N–H and O–H groups in total. The first-order valence-electron chi connectivity index (χ1n) is 4.81. The molecular weight excluding hydrogens is 230 g/mol. The summed E-state index contributed by atoms with van der Waals surface area (Å²) >= 11 is 3.31. The van der Waals surface area contributed by atoms with Gasteiger partial charge in [0.15, 0.2) is 0 Å². The third-order valence-electron chi connectivity index (χ3n) is 1.78. The number of halogens is 1. The van der Waals surface area contributed by atoms with Crippen LogP contribution in [0.2, 0.25) is 0 Å². The number of carbonyl (C=O) groups excluding carboxylic acids is 1. The van der Waals surface area contributed by atoms with E-state index in [2.05, 4.69) is 35.1 Å². The number of rotatable bonds is 5. The van der Waals surface area contributed by atoms with Crippen molar-refractivity contribution in [3.63, 3.8) is 0 Å². The Morgan fingerprint density at radius 3 is 2.38 bits per heavy atom. The lowest BCUT2D eigenvalue weighted by Crippen LogP contribution is -2.38. The second-order valence-corrected chi connectivity index (χ2v) is 6.25. The van der Waals surface area contributed by atoms with E-state index in [0.29, 0.717) is 5.92 Å². The number of hydrogen-bond acceptors (Lipinski definition) is 1. The van der Waals surface area contributed by atoms with Gasteiger partial charge in [0.05, 0.1) is 4.32 Å². The van der Waals surface area contributed by atoms with E-state index in [0.717, 1.165) is 13.0 Å². The molecule has 0 radical (unpaired) electrons. The fraction of sp³-hybridized carbons (Fsp3) is 0.900. The Morgan fingerprint density at radius 2 is 2.00 bits per heavy atom. The molecule has 2 nitrogen and oxygen atoms in total. The topological polar surface area (TPSA) is 29.1 Å². The Kier molecular flexibility index (Phi) is 5.61. The van der Waals surface area contributed by atoms with Crippen LogP contribution in [0.3, 0.4) is 0 Å². The third-order valence-corrected chi connectivity index (χ3v) is 2.14. The molecule has 0 spiro atoms. The molecule has 0 unspecified atom stereocenters. The summed E-state index contributed by atoms with van der Waals surface area (Å²) in [7, 11) is 0. The Labute approximate surface area is 89.6 Å². The first-order chi connectivity index (χ1) is 5.84. The van der Waals surface area contributed by atoms with Crippen LogP contribution in [-0.4, -0.2) is 16.8 Å². The third kappa shape index (κ3) is 7.05. The van der Waals surface area contributed by atoms with Crippen LogP contribution in [-0.2, 0) is 4.79 Å². The largest absolute Gasteiger partial charge is 0.355 e. The molecule has 0 saturated carbocycles. The molecule has 0 aromatic carbocycles. The number of alkyl halides is 1. The van der Waals surface area contributed by atoms with Crippen molar-refractivity contribution < 1.29 is 4.79 Å². The van der Waals surface area contributed by atoms with Crippen molar-refractivity contribution in [3.05, 3.63) is 0 Å². The minimum absolute atomic E-state index is 0.0660. The maximum absolute atomic E-state index is 11.4. The molecule has 0 aromatic rings. The lowest BCUT2D eigenvalue weighted by molar-refractivity contribution is -0.122. The van der Waals surface area contributed by atoms with Crippen molar-refractivity contribution in [1.29, 1.82) is 0 Å². The Bertz CT molecular complexity index is 161. The summed E-state index contributed by atoms with van der Waals surface area (Å²) in [5, 5.41) is 2.89. The first kappa shape index (κ1) is 12.9. The van der Waals surface area contributed by atoms with Crippen molar-refractivity contribution in [2.24, 2.45) is 5.92 Å². The van der Waals surface area contributed by atoms with E-state index in [-0.39, 0.29) is 5.91 Å². The SMILES string of the molecule is CC(C)CCCNC(=O)C(C)(C)Br. The minimum Gasteiger partial charge on any atom is -0.355 e. The van der Waals surface area contributed by atoms with Gasteiger partial charge in [0.25, 0.3) is 0 Å². The fourth-order valence-corrected chi connectivity index (χ4v) is 1.06. The zero-order valence-corrected chi connectivity index (χ0v) is 10.6. The Hall–Kier alpha value is -0.0500. The van der Waals surface area contributed by atoms with Crippen LogP contribution in [0.5, 0.6) is 0 Å². The van der Waals surface area contributed by atoms with Gasteiger partial charge in [0.1, 0.15) is 0 Å². The molecule has 0 heterocycles. The molecule has 0 bridgehead atoms. The van der Waals surface area contributed by atoms with Gasteiger partial charge in [-0.1, -0.05) is 29.8 Å². The maximum Gasteiger partial charge on any atom is 0.236 e. The fourth-order valence-electron chi connectivity index (χ4n) is 0.922. The number of amides is 1. The lowest BCUT2D eigenvalue weighted by Gasteiger charge is -2.15. The summed E-state index contributed by atoms with van der Waals surface area (Å²) in [5.74, 6) is 0.783. The molecule has 0 atom stereocenters. The van der Waals surface area contributed by atoms with Gasteiger partial charge in [-0.3, -0.25) is 4.79 Å². The van der Waals surface area contributed by atoms with Gasteiger partial charge in [-0.2, -0.15) is 0 Å². The molecule has 0 saturated heterocycles. The van der Waals surface area contributed by atoms with E-state index in [1.165, 1.54) is 6.42 Å². The molecule has 0 aliphatic rings. The lowest BCUT2D eigenvalue weighted by atomic mass is 10.1. The van der Waals surface area contributed by atoms with E-state index in [4.69, 9.17) is 0 Å². The van der Waals surface area contributed by atoms with Crippen LogP contribution in [0.15, 0.2) is 0 Å². The van der Waals surface area contributed by atoms with Crippen LogP contribution >= 0.6 is 15.9 Å². The van der Waals surface area contributed by atoms with E-state index >= 15 is 0 Å². The van der Waals surface area contributed by atoms with Gasteiger partial charge in [-0.25, -0.2) is 0 Å². The monoisotopic (exact) mass is 249 g/mol. The average molecular weight is 250 g/mol. The zero-order chi connectivity index (χ0) is 10.5. The second-order valence-electron chi connectivity index (χ2n) is 4.26. The number of hydrogen-bond donors (Lipinski definition) is 1. The summed E-state index contributed by atoms with van der Waals surface area (Å²) in [6, 6.07) is 0. The van der Waals surface area contributed by atoms with E-state index in [1.54, 1.807) is 0 Å². The average Bonchev–Trinajstić information content (AvgIpc) is 1.95. The highest BCUT2D eigenvalue weighted by atomic mass is 79.9. The zero-order valence-electron chi connectivity index (χ0n) is 8.98. The van der Waals surface area contributed by atoms with Crippen molar-refractivity contribution in [1.82, 2.24) is 5.32 Å². The molecule has 0 aliphatic heterocycles. The predicted molar refractivity (Wildman–Crippen MR) is 60.1 cm³/mol. The summed E-state index contributed by atoms with van der Waals surface area (Å²) in [6.45, 7) is 8.87. The van der Waals surface area contributed by atoms with Gasteiger partial charge < -0.3 is 5.32 Å². The van der Waals surface area contributed by atoms with E-state index < -0.39 is 4.32 Å². The standard InChI is InChI=1S/C10H20BrNO/c1-8(2)6-5-7-12-9(13)10(3,4)11/h8H,5-7H2,1-4H3,(H,12,13). The van der Waals surface area contributed by atoms with Crippen LogP contribution in [0.4, 0.5) is 0 Å². The summed E-state index contributed by atoms with van der Waals surface area (Å²) in [6.07, 6.45) is 2.23. The molecule has 0 fully saturated rings. The highest BCUT2D eigenvalue weighted by Crippen LogP contribution is 2.15. The van der Waals surface area contributed by atoms with E-state index in [1.807, 2.05) is 13.8 Å². The Morgan fingerprint density at radius 1 is 1.46 bits per heavy atom. The van der Waals surface area contributed by atoms with Crippen molar-refractivity contribution in [2.45, 2.75) is 44.9 Å².